The van der Waals surface area contributed by atoms with Gasteiger partial charge in [-0.3, -0.25) is 19.4 Å². The van der Waals surface area contributed by atoms with Crippen LogP contribution in [0.4, 0.5) is 14.6 Å². The van der Waals surface area contributed by atoms with E-state index >= 15 is 8.78 Å². The number of aliphatic hydroxyl groups excluding tert-OH is 1. The zero-order valence-electron chi connectivity index (χ0n) is 48.1. The fourth-order valence-corrected chi connectivity index (χ4v) is 13.4. The number of hydrogen-bond donors (Lipinski definition) is 5. The van der Waals surface area contributed by atoms with Gasteiger partial charge in [0, 0.05) is 76.0 Å². The van der Waals surface area contributed by atoms with Crippen LogP contribution in [0.2, 0.25) is 0 Å². The van der Waals surface area contributed by atoms with Crippen molar-refractivity contribution >= 4 is 56.6 Å². The first kappa shape index (κ1) is 58.8. The van der Waals surface area contributed by atoms with Crippen LogP contribution in [0.15, 0.2) is 60.2 Å². The number of β-amino-alcohol motifs (C(OH)–C–C–N with tert-alkyl or cyclic N) is 1. The SMILES string of the molecule is CCc1c(F)ccc2cc(O)cc(-c3ncc4c(N5CC6CCC(C5)N6)nc(OC5CCN(CCCCCCCCCCC(=O)N[C@H](C(=O)N6C[C@H](O)C[C@H]6C(=O)NCc6ccc(-c7scnc7C)cc6)C(C)(C)C)CC5)nc4c3F)c12. The van der Waals surface area contributed by atoms with E-state index in [1.807, 2.05) is 64.4 Å². The summed E-state index contributed by atoms with van der Waals surface area (Å²) in [5.74, 6) is -1.43. The second-order valence-electron chi connectivity index (χ2n) is 24.2. The molecule has 6 aromatic rings. The predicted octanol–water partition coefficient (Wildman–Crippen LogP) is 9.93. The Hall–Kier alpha value is -6.41. The maximum absolute atomic E-state index is 17.1. The number of carbonyl (C=O) groups is 3. The topological polar surface area (TPSA) is 198 Å². The molecule has 82 heavy (non-hydrogen) atoms. The maximum atomic E-state index is 17.1. The van der Waals surface area contributed by atoms with Crippen molar-refractivity contribution < 1.29 is 38.1 Å². The molecule has 10 rings (SSSR count). The van der Waals surface area contributed by atoms with Crippen LogP contribution in [0.5, 0.6) is 11.8 Å². The van der Waals surface area contributed by atoms with Gasteiger partial charge in [-0.05, 0) is 109 Å². The quantitative estimate of drug-likeness (QED) is 0.0403. The number of thiazole rings is 1. The summed E-state index contributed by atoms with van der Waals surface area (Å²) in [5.41, 5.74) is 4.94. The molecule has 438 valence electrons. The summed E-state index contributed by atoms with van der Waals surface area (Å²) in [6.45, 7) is 14.0. The molecule has 0 radical (unpaired) electrons. The standard InChI is InChI=1S/C63H80F2N10O6S/c1-6-47-50(64)23-20-41-29-44(76)30-48(53(41)47)55-54(65)56-49(33-66-55)59(74-34-42-21-22-43(35-74)69-42)72-62(71-56)81-46-24-27-73(28-25-46)26-14-12-10-8-7-9-11-13-15-52(78)70-58(63(3,4)5)61(80)75-36-45(77)31-51(75)60(79)67-32-39-16-18-40(19-17-39)57-38(2)68-37-82-57/h16-20,23,29-30,33,37,42-43,45-46,51,58,69,76-77H,6-15,21-22,24-28,31-32,34-36H2,1-5H3,(H,67,79)(H,70,78)/t42?,43?,45-,51+,58-/m1/s1. The molecule has 0 aliphatic carbocycles. The third kappa shape index (κ3) is 13.6. The molecule has 16 nitrogen and oxygen atoms in total. The highest BCUT2D eigenvalue weighted by molar-refractivity contribution is 7.13. The number of aryl methyl sites for hydroxylation is 2. The van der Waals surface area contributed by atoms with Crippen molar-refractivity contribution in [1.82, 2.24) is 45.7 Å². The van der Waals surface area contributed by atoms with Crippen molar-refractivity contribution in [2.75, 3.05) is 44.2 Å². The van der Waals surface area contributed by atoms with Crippen molar-refractivity contribution in [3.05, 3.63) is 88.7 Å². The zero-order chi connectivity index (χ0) is 57.7. The molecule has 4 saturated heterocycles. The van der Waals surface area contributed by atoms with E-state index in [9.17, 15) is 24.6 Å². The smallest absolute Gasteiger partial charge is 0.319 e. The van der Waals surface area contributed by atoms with Crippen molar-refractivity contribution in [3.8, 4) is 33.5 Å². The molecule has 4 aliphatic rings. The molecular formula is C63H80F2N10O6S. The number of piperazine rings is 1. The number of halogens is 2. The number of carbonyl (C=O) groups excluding carboxylic acids is 3. The number of anilines is 1. The number of aromatic hydroxyl groups is 1. The molecule has 5 atom stereocenters. The number of fused-ring (bicyclic) bond motifs is 4. The number of ether oxygens (including phenoxy) is 1. The van der Waals surface area contributed by atoms with Gasteiger partial charge in [-0.1, -0.05) is 96.6 Å². The number of piperidine rings is 1. The molecular weight excluding hydrogens is 1060 g/mol. The molecule has 19 heteroatoms. The third-order valence-electron chi connectivity index (χ3n) is 17.1. The lowest BCUT2D eigenvalue weighted by Crippen LogP contribution is -2.57. The van der Waals surface area contributed by atoms with Gasteiger partial charge in [-0.15, -0.1) is 11.3 Å². The Labute approximate surface area is 483 Å². The van der Waals surface area contributed by atoms with E-state index in [-0.39, 0.29) is 66.3 Å². The van der Waals surface area contributed by atoms with E-state index in [4.69, 9.17) is 14.7 Å². The Kier molecular flexibility index (Phi) is 18.7. The average Bonchev–Trinajstić information content (AvgIpc) is 2.10. The van der Waals surface area contributed by atoms with E-state index in [2.05, 4.69) is 35.7 Å². The Balaban J connectivity index is 0.647. The molecule has 2 unspecified atom stereocenters. The number of aromatic nitrogens is 4. The predicted molar refractivity (Wildman–Crippen MR) is 317 cm³/mol. The molecule has 0 spiro atoms. The number of benzene rings is 3. The molecule has 3 amide bonds. The number of hydrogen-bond acceptors (Lipinski definition) is 14. The Morgan fingerprint density at radius 3 is 2.28 bits per heavy atom. The van der Waals surface area contributed by atoms with Crippen LogP contribution < -0.4 is 25.6 Å². The number of pyridine rings is 1. The summed E-state index contributed by atoms with van der Waals surface area (Å²) >= 11 is 1.58. The van der Waals surface area contributed by atoms with Crippen LogP contribution >= 0.6 is 11.3 Å². The van der Waals surface area contributed by atoms with E-state index in [1.165, 1.54) is 17.0 Å². The van der Waals surface area contributed by atoms with Crippen molar-refractivity contribution in [2.45, 2.75) is 174 Å². The average molecular weight is 1140 g/mol. The number of unbranched alkanes of at least 4 members (excludes halogenated alkanes) is 7. The zero-order valence-corrected chi connectivity index (χ0v) is 48.9. The van der Waals surface area contributed by atoms with Gasteiger partial charge in [0.15, 0.2) is 5.82 Å². The minimum absolute atomic E-state index is 0.0181. The monoisotopic (exact) mass is 1140 g/mol. The number of nitrogens with one attached hydrogen (secondary N) is 3. The van der Waals surface area contributed by atoms with Gasteiger partial charge in [0.2, 0.25) is 17.7 Å². The largest absolute Gasteiger partial charge is 0.508 e. The number of phenolic OH excluding ortho intramolecular Hbond substituents is 1. The van der Waals surface area contributed by atoms with E-state index in [1.54, 1.807) is 29.7 Å². The third-order valence-corrected chi connectivity index (χ3v) is 18.0. The Morgan fingerprint density at radius 2 is 1.60 bits per heavy atom. The van der Waals surface area contributed by atoms with Crippen LogP contribution in [0.3, 0.4) is 0 Å². The van der Waals surface area contributed by atoms with Gasteiger partial charge >= 0.3 is 6.01 Å². The first-order chi connectivity index (χ1) is 39.5. The normalized spacial score (nSPS) is 20.0. The molecule has 7 heterocycles. The highest BCUT2D eigenvalue weighted by Crippen LogP contribution is 2.40. The summed E-state index contributed by atoms with van der Waals surface area (Å²) in [7, 11) is 0. The fourth-order valence-electron chi connectivity index (χ4n) is 12.6. The highest BCUT2D eigenvalue weighted by atomic mass is 32.1. The minimum atomic E-state index is -0.856. The number of rotatable bonds is 22. The number of amides is 3. The Bertz CT molecular complexity index is 3230. The van der Waals surface area contributed by atoms with Gasteiger partial charge in [-0.2, -0.15) is 9.97 Å². The van der Waals surface area contributed by atoms with Gasteiger partial charge in [0.1, 0.15) is 46.8 Å². The van der Waals surface area contributed by atoms with Crippen LogP contribution in [0.1, 0.15) is 134 Å². The molecule has 3 aromatic carbocycles. The van der Waals surface area contributed by atoms with Crippen LogP contribution in [0.25, 0.3) is 43.4 Å². The lowest BCUT2D eigenvalue weighted by Gasteiger charge is -2.35. The van der Waals surface area contributed by atoms with Gasteiger partial charge < -0.3 is 45.6 Å². The molecule has 4 fully saturated rings. The summed E-state index contributed by atoms with van der Waals surface area (Å²) in [6, 6.07) is 13.0. The van der Waals surface area contributed by atoms with Crippen molar-refractivity contribution in [3.63, 3.8) is 0 Å². The lowest BCUT2D eigenvalue weighted by atomic mass is 9.85. The first-order valence-corrected chi connectivity index (χ1v) is 30.6. The Morgan fingerprint density at radius 1 is 0.890 bits per heavy atom. The summed E-state index contributed by atoms with van der Waals surface area (Å²) in [5, 5.41) is 32.6. The van der Waals surface area contributed by atoms with Crippen LogP contribution in [-0.2, 0) is 27.3 Å². The molecule has 3 aromatic heterocycles. The lowest BCUT2D eigenvalue weighted by molar-refractivity contribution is -0.144. The fraction of sp³-hybridized carbons (Fsp3) is 0.540. The van der Waals surface area contributed by atoms with E-state index in [0.717, 1.165) is 131 Å². The van der Waals surface area contributed by atoms with Crippen LogP contribution in [-0.4, -0.2) is 133 Å². The highest BCUT2D eigenvalue weighted by Gasteiger charge is 2.44. The summed E-state index contributed by atoms with van der Waals surface area (Å²) in [4.78, 5) is 66.8. The maximum Gasteiger partial charge on any atom is 0.319 e. The number of aliphatic hydroxyl groups is 1. The van der Waals surface area contributed by atoms with Crippen molar-refractivity contribution in [1.29, 1.82) is 0 Å². The molecule has 5 N–H and O–H groups in total. The van der Waals surface area contributed by atoms with Gasteiger partial charge in [0.25, 0.3) is 0 Å². The summed E-state index contributed by atoms with van der Waals surface area (Å²) < 4.78 is 38.9. The second kappa shape index (κ2) is 26.0. The van der Waals surface area contributed by atoms with E-state index in [0.29, 0.717) is 58.0 Å². The number of nitrogens with zero attached hydrogens (tertiary/aromatic N) is 7. The van der Waals surface area contributed by atoms with Crippen molar-refractivity contribution in [2.24, 2.45) is 5.41 Å². The number of likely N-dealkylation sites (tertiary alicyclic amines) is 2. The molecule has 0 saturated carbocycles. The number of phenols is 1. The first-order valence-electron chi connectivity index (χ1n) is 29.8. The molecule has 4 aliphatic heterocycles. The van der Waals surface area contributed by atoms with Gasteiger partial charge in [-0.25, -0.2) is 13.8 Å². The minimum Gasteiger partial charge on any atom is -0.508 e. The van der Waals surface area contributed by atoms with Crippen LogP contribution in [0, 0.1) is 24.0 Å². The van der Waals surface area contributed by atoms with E-state index < -0.39 is 35.2 Å². The second-order valence-corrected chi connectivity index (χ2v) is 25.1. The van der Waals surface area contributed by atoms with Gasteiger partial charge in [0.05, 0.1) is 27.6 Å². The summed E-state index contributed by atoms with van der Waals surface area (Å²) in [6.07, 6.45) is 13.4. The molecule has 2 bridgehead atoms.